The van der Waals surface area contributed by atoms with E-state index in [9.17, 15) is 0 Å². The molecule has 0 spiro atoms. The average molecular weight is 390 g/mol. The Morgan fingerprint density at radius 3 is 2.67 bits per heavy atom. The molecule has 0 aliphatic rings. The summed E-state index contributed by atoms with van der Waals surface area (Å²) in [5.41, 5.74) is 7.75. The van der Waals surface area contributed by atoms with Gasteiger partial charge in [0, 0.05) is 3.57 Å². The van der Waals surface area contributed by atoms with Crippen LogP contribution in [0, 0.1) is 3.57 Å². The predicted molar refractivity (Wildman–Crippen MR) is 87.6 cm³/mol. The van der Waals surface area contributed by atoms with E-state index in [-0.39, 0.29) is 4.99 Å². The van der Waals surface area contributed by atoms with Gasteiger partial charge in [-0.25, -0.2) is 0 Å². The van der Waals surface area contributed by atoms with E-state index in [4.69, 9.17) is 29.6 Å². The molecule has 92 valence electrons. The molecule has 2 rings (SSSR count). The molecular formula is C12H9ClIN3S. The zero-order chi connectivity index (χ0) is 13.1. The number of nitrogens with one attached hydrogen (secondary N) is 1. The second-order valence-electron chi connectivity index (χ2n) is 3.55. The van der Waals surface area contributed by atoms with Crippen LogP contribution in [-0.2, 0) is 0 Å². The van der Waals surface area contributed by atoms with Crippen LogP contribution in [0.5, 0.6) is 0 Å². The number of rotatable bonds is 3. The number of hydrogen-bond donors (Lipinski definition) is 2. The molecule has 0 saturated carbocycles. The van der Waals surface area contributed by atoms with Crippen LogP contribution in [0.4, 0.5) is 11.4 Å². The number of nitrogens with two attached hydrogens (primary N) is 1. The maximum Gasteiger partial charge on any atom is 0.122 e. The largest absolute Gasteiger partial charge is 0.388 e. The van der Waals surface area contributed by atoms with Crippen LogP contribution in [0.25, 0.3) is 0 Å². The SMILES string of the molecule is NC(=S)c1ccc(Nc2ccc(I)cc2Cl)cn1. The highest BCUT2D eigenvalue weighted by molar-refractivity contribution is 14.1. The summed E-state index contributed by atoms with van der Waals surface area (Å²) < 4.78 is 1.09. The number of halogens is 2. The van der Waals surface area contributed by atoms with Crippen LogP contribution >= 0.6 is 46.4 Å². The summed E-state index contributed by atoms with van der Waals surface area (Å²) in [4.78, 5) is 4.43. The summed E-state index contributed by atoms with van der Waals surface area (Å²) in [5, 5.41) is 3.85. The number of aromatic nitrogens is 1. The molecule has 3 nitrogen and oxygen atoms in total. The van der Waals surface area contributed by atoms with Gasteiger partial charge in [-0.3, -0.25) is 4.98 Å². The van der Waals surface area contributed by atoms with Crippen molar-refractivity contribution in [2.24, 2.45) is 5.73 Å². The fraction of sp³-hybridized carbons (Fsp3) is 0. The monoisotopic (exact) mass is 389 g/mol. The zero-order valence-corrected chi connectivity index (χ0v) is 12.9. The lowest BCUT2D eigenvalue weighted by Crippen LogP contribution is -2.11. The third-order valence-electron chi connectivity index (χ3n) is 2.23. The normalized spacial score (nSPS) is 10.1. The summed E-state index contributed by atoms with van der Waals surface area (Å²) >= 11 is 13.2. The highest BCUT2D eigenvalue weighted by atomic mass is 127. The molecule has 0 fully saturated rings. The van der Waals surface area contributed by atoms with E-state index in [1.807, 2.05) is 24.3 Å². The second kappa shape index (κ2) is 5.81. The molecule has 18 heavy (non-hydrogen) atoms. The molecular weight excluding hydrogens is 381 g/mol. The molecule has 0 saturated heterocycles. The molecule has 0 amide bonds. The van der Waals surface area contributed by atoms with E-state index >= 15 is 0 Å². The van der Waals surface area contributed by atoms with Crippen LogP contribution in [0.1, 0.15) is 5.69 Å². The van der Waals surface area contributed by atoms with E-state index in [0.29, 0.717) is 10.7 Å². The molecule has 2 aromatic rings. The first-order chi connectivity index (χ1) is 8.56. The van der Waals surface area contributed by atoms with Crippen LogP contribution in [0.2, 0.25) is 5.02 Å². The van der Waals surface area contributed by atoms with Crippen molar-refractivity contribution >= 4 is 62.8 Å². The van der Waals surface area contributed by atoms with Crippen LogP contribution in [0.15, 0.2) is 36.5 Å². The van der Waals surface area contributed by atoms with Gasteiger partial charge >= 0.3 is 0 Å². The highest BCUT2D eigenvalue weighted by Crippen LogP contribution is 2.26. The Labute approximate surface area is 129 Å². The average Bonchev–Trinajstić information content (AvgIpc) is 2.33. The first-order valence-corrected chi connectivity index (χ1v) is 6.90. The summed E-state index contributed by atoms with van der Waals surface area (Å²) in [6.07, 6.45) is 1.67. The van der Waals surface area contributed by atoms with Gasteiger partial charge < -0.3 is 11.1 Å². The maximum absolute atomic E-state index is 6.13. The standard InChI is InChI=1S/C12H9ClIN3S/c13-9-5-7(14)1-3-10(9)17-8-2-4-11(12(15)18)16-6-8/h1-6,17H,(H2,15,18). The Kier molecular flexibility index (Phi) is 4.36. The third-order valence-corrected chi connectivity index (χ3v) is 3.42. The van der Waals surface area contributed by atoms with Gasteiger partial charge in [0.1, 0.15) is 4.99 Å². The van der Waals surface area contributed by atoms with Crippen LogP contribution in [-0.4, -0.2) is 9.97 Å². The minimum absolute atomic E-state index is 0.286. The van der Waals surface area contributed by atoms with Crippen LogP contribution in [0.3, 0.4) is 0 Å². The van der Waals surface area contributed by atoms with Crippen molar-refractivity contribution in [3.63, 3.8) is 0 Å². The van der Waals surface area contributed by atoms with Crippen molar-refractivity contribution in [3.05, 3.63) is 50.8 Å². The van der Waals surface area contributed by atoms with Crippen molar-refractivity contribution in [2.75, 3.05) is 5.32 Å². The number of anilines is 2. The molecule has 3 N–H and O–H groups in total. The van der Waals surface area contributed by atoms with Gasteiger partial charge in [0.05, 0.1) is 28.3 Å². The number of thiocarbonyl (C=S) groups is 1. The van der Waals surface area contributed by atoms with Crippen molar-refractivity contribution in [3.8, 4) is 0 Å². The highest BCUT2D eigenvalue weighted by Gasteiger charge is 2.03. The van der Waals surface area contributed by atoms with Gasteiger partial charge in [-0.15, -0.1) is 0 Å². The summed E-state index contributed by atoms with van der Waals surface area (Å²) in [6, 6.07) is 9.42. The minimum atomic E-state index is 0.286. The number of benzene rings is 1. The molecule has 0 radical (unpaired) electrons. The summed E-state index contributed by atoms with van der Waals surface area (Å²) in [5.74, 6) is 0. The third kappa shape index (κ3) is 3.30. The second-order valence-corrected chi connectivity index (χ2v) is 5.64. The summed E-state index contributed by atoms with van der Waals surface area (Å²) in [7, 11) is 0. The van der Waals surface area contributed by atoms with E-state index in [0.717, 1.165) is 14.9 Å². The van der Waals surface area contributed by atoms with Crippen molar-refractivity contribution < 1.29 is 0 Å². The first-order valence-electron chi connectivity index (χ1n) is 5.04. The zero-order valence-electron chi connectivity index (χ0n) is 9.15. The molecule has 1 aromatic carbocycles. The number of hydrogen-bond acceptors (Lipinski definition) is 3. The van der Waals surface area contributed by atoms with Gasteiger partial charge in [0.15, 0.2) is 0 Å². The minimum Gasteiger partial charge on any atom is -0.388 e. The van der Waals surface area contributed by atoms with Gasteiger partial charge in [-0.1, -0.05) is 23.8 Å². The Bertz CT molecular complexity index is 586. The van der Waals surface area contributed by atoms with Gasteiger partial charge in [-0.05, 0) is 52.9 Å². The van der Waals surface area contributed by atoms with Gasteiger partial charge in [0.25, 0.3) is 0 Å². The lowest BCUT2D eigenvalue weighted by molar-refractivity contribution is 1.29. The number of pyridine rings is 1. The molecule has 0 unspecified atom stereocenters. The van der Waals surface area contributed by atoms with E-state index in [1.54, 1.807) is 12.3 Å². The molecule has 0 aliphatic heterocycles. The Balaban J connectivity index is 2.21. The maximum atomic E-state index is 6.13. The predicted octanol–water partition coefficient (Wildman–Crippen LogP) is 3.72. The molecule has 0 bridgehead atoms. The Morgan fingerprint density at radius 2 is 2.11 bits per heavy atom. The molecule has 0 atom stereocenters. The van der Waals surface area contributed by atoms with Gasteiger partial charge in [0.2, 0.25) is 0 Å². The smallest absolute Gasteiger partial charge is 0.122 e. The van der Waals surface area contributed by atoms with Crippen molar-refractivity contribution in [1.82, 2.24) is 4.98 Å². The molecule has 0 aliphatic carbocycles. The molecule has 1 heterocycles. The van der Waals surface area contributed by atoms with Crippen LogP contribution < -0.4 is 11.1 Å². The van der Waals surface area contributed by atoms with Crippen molar-refractivity contribution in [1.29, 1.82) is 0 Å². The van der Waals surface area contributed by atoms with E-state index in [1.165, 1.54) is 0 Å². The Hall–Kier alpha value is -0.920. The molecule has 6 heteroatoms. The molecule has 1 aromatic heterocycles. The van der Waals surface area contributed by atoms with E-state index in [2.05, 4.69) is 32.9 Å². The fourth-order valence-electron chi connectivity index (χ4n) is 1.36. The fourth-order valence-corrected chi connectivity index (χ4v) is 2.38. The lowest BCUT2D eigenvalue weighted by atomic mass is 10.3. The number of nitrogens with zero attached hydrogens (tertiary/aromatic N) is 1. The topological polar surface area (TPSA) is 50.9 Å². The lowest BCUT2D eigenvalue weighted by Gasteiger charge is -2.08. The van der Waals surface area contributed by atoms with Crippen molar-refractivity contribution in [2.45, 2.75) is 0 Å². The quantitative estimate of drug-likeness (QED) is 0.620. The van der Waals surface area contributed by atoms with E-state index < -0.39 is 0 Å². The van der Waals surface area contributed by atoms with Gasteiger partial charge in [-0.2, -0.15) is 0 Å². The summed E-state index contributed by atoms with van der Waals surface area (Å²) in [6.45, 7) is 0. The Morgan fingerprint density at radius 1 is 1.33 bits per heavy atom. The first kappa shape index (κ1) is 13.5.